The fraction of sp³-hybridized carbons (Fsp3) is 0.474. The molecule has 0 bridgehead atoms. The van der Waals surface area contributed by atoms with Crippen LogP contribution in [-0.2, 0) is 9.59 Å². The molecule has 0 aliphatic carbocycles. The largest absolute Gasteiger partial charge is 0.394 e. The minimum absolute atomic E-state index is 0.0205. The normalized spacial score (nSPS) is 13.7. The molecule has 0 radical (unpaired) electrons. The van der Waals surface area contributed by atoms with Crippen LogP contribution in [0.2, 0.25) is 0 Å². The number of nitrogens with zero attached hydrogens (tertiary/aromatic N) is 1. The van der Waals surface area contributed by atoms with Crippen molar-refractivity contribution < 1.29 is 24.6 Å². The highest BCUT2D eigenvalue weighted by Crippen LogP contribution is 2.38. The number of hydrogen-bond donors (Lipinski definition) is 5. The highest BCUT2D eigenvalue weighted by molar-refractivity contribution is 8.77. The first kappa shape index (κ1) is 43.6. The number of rotatable bonds is 26. The second kappa shape index (κ2) is 28.5. The van der Waals surface area contributed by atoms with Gasteiger partial charge < -0.3 is 26.2 Å². The van der Waals surface area contributed by atoms with Crippen LogP contribution in [0.1, 0.15) is 82.5 Å². The van der Waals surface area contributed by atoms with Crippen LogP contribution in [0, 0.1) is 0 Å². The van der Waals surface area contributed by atoms with Crippen LogP contribution in [0.25, 0.3) is 0 Å². The lowest BCUT2D eigenvalue weighted by Gasteiger charge is -2.33. The molecule has 49 heavy (non-hydrogen) atoms. The maximum absolute atomic E-state index is 13.0. The molecule has 2 atom stereocenters. The van der Waals surface area contributed by atoms with E-state index in [9.17, 15) is 19.5 Å². The van der Waals surface area contributed by atoms with E-state index >= 15 is 0 Å². The van der Waals surface area contributed by atoms with E-state index < -0.39 is 35.3 Å². The van der Waals surface area contributed by atoms with Gasteiger partial charge in [-0.2, -0.15) is 0 Å². The number of aliphatic hydroxyl groups is 2. The summed E-state index contributed by atoms with van der Waals surface area (Å²) in [6.45, 7) is 5.65. The predicted molar refractivity (Wildman–Crippen MR) is 206 cm³/mol. The van der Waals surface area contributed by atoms with Crippen molar-refractivity contribution in [3.63, 3.8) is 0 Å². The summed E-state index contributed by atoms with van der Waals surface area (Å²) in [5.74, 6) is -0.347. The number of aliphatic hydroxyl groups excluding tert-OH is 2. The van der Waals surface area contributed by atoms with Crippen molar-refractivity contribution in [1.29, 1.82) is 0 Å². The van der Waals surface area contributed by atoms with Gasteiger partial charge in [0.1, 0.15) is 6.04 Å². The molecular weight excluding hydrogens is 657 g/mol. The van der Waals surface area contributed by atoms with Gasteiger partial charge in [-0.15, -0.1) is 0 Å². The van der Waals surface area contributed by atoms with Gasteiger partial charge in [-0.1, -0.05) is 101 Å². The van der Waals surface area contributed by atoms with Crippen LogP contribution in [0.15, 0.2) is 97.4 Å². The van der Waals surface area contributed by atoms with Gasteiger partial charge in [-0.05, 0) is 70.9 Å². The Morgan fingerprint density at radius 1 is 0.878 bits per heavy atom. The number of amides is 3. The van der Waals surface area contributed by atoms with Gasteiger partial charge in [-0.3, -0.25) is 19.4 Å². The zero-order chi connectivity index (χ0) is 36.0. The highest BCUT2D eigenvalue weighted by Gasteiger charge is 2.37. The molecular formula is C38H56N4O5S2. The summed E-state index contributed by atoms with van der Waals surface area (Å²) in [5.41, 5.74) is 0.316. The number of carbonyl (C=O) groups excluding carboxylic acids is 3. The van der Waals surface area contributed by atoms with Crippen molar-refractivity contribution in [1.82, 2.24) is 20.9 Å². The third-order valence-corrected chi connectivity index (χ3v) is 10.1. The van der Waals surface area contributed by atoms with E-state index in [0.29, 0.717) is 30.7 Å². The summed E-state index contributed by atoms with van der Waals surface area (Å²) in [6, 6.07) is 2.29. The molecule has 0 aromatic carbocycles. The van der Waals surface area contributed by atoms with Gasteiger partial charge >= 0.3 is 0 Å². The molecule has 0 spiro atoms. The Morgan fingerprint density at radius 3 is 1.98 bits per heavy atom. The minimum Gasteiger partial charge on any atom is -0.394 e. The number of hydrogen-bond acceptors (Lipinski definition) is 8. The van der Waals surface area contributed by atoms with E-state index in [1.54, 1.807) is 18.3 Å². The van der Waals surface area contributed by atoms with Gasteiger partial charge in [0.25, 0.3) is 5.91 Å². The van der Waals surface area contributed by atoms with Crippen molar-refractivity contribution in [3.05, 3.63) is 103 Å². The first-order valence-electron chi connectivity index (χ1n) is 17.0. The van der Waals surface area contributed by atoms with Crippen LogP contribution in [-0.4, -0.2) is 75.3 Å². The third-order valence-electron chi connectivity index (χ3n) is 6.80. The van der Waals surface area contributed by atoms with Crippen LogP contribution in [0.5, 0.6) is 0 Å². The number of allylic oxidation sites excluding steroid dienone is 12. The molecule has 3 amide bonds. The van der Waals surface area contributed by atoms with Crippen LogP contribution in [0.4, 0.5) is 0 Å². The van der Waals surface area contributed by atoms with Crippen LogP contribution in [0.3, 0.4) is 0 Å². The van der Waals surface area contributed by atoms with Crippen molar-refractivity contribution in [3.8, 4) is 0 Å². The van der Waals surface area contributed by atoms with Gasteiger partial charge in [-0.25, -0.2) is 0 Å². The summed E-state index contributed by atoms with van der Waals surface area (Å²) in [4.78, 5) is 42.1. The Hall–Kier alpha value is -3.38. The van der Waals surface area contributed by atoms with Crippen molar-refractivity contribution >= 4 is 39.3 Å². The molecule has 1 aromatic rings. The Kier molecular flexibility index (Phi) is 25.3. The maximum Gasteiger partial charge on any atom is 0.253 e. The lowest BCUT2D eigenvalue weighted by molar-refractivity contribution is -0.124. The van der Waals surface area contributed by atoms with E-state index in [1.807, 2.05) is 19.9 Å². The molecule has 1 heterocycles. The topological polar surface area (TPSA) is 141 Å². The molecule has 5 N–H and O–H groups in total. The number of pyridine rings is 1. The standard InChI is InChI=1S/C38H56N4O5S2/c1-4-5-6-7-8-9-10-11-12-13-14-15-16-17-18-19-20-21-22-25-34(45)40-27-28-48-49-38(2,3)35(37(47)41-30-33(44)31-43)42-36(46)32-24-23-26-39-29-32/h5-6,8-9,11-12,14-15,17-18,20-21,23-24,26,29,33,35,43-44H,4,7,10,13,16,19,22,25,27-28,30-31H2,1-3H3,(H,40,45)(H,41,47)(H,42,46)/b6-5-,9-8-,12-11-,15-14-,18-17-,21-20-/t33-,35-/m1/s1. The molecule has 0 saturated carbocycles. The van der Waals surface area contributed by atoms with E-state index in [-0.39, 0.29) is 12.5 Å². The fourth-order valence-corrected chi connectivity index (χ4v) is 6.60. The van der Waals surface area contributed by atoms with Crippen molar-refractivity contribution in [2.24, 2.45) is 0 Å². The second-order valence-corrected chi connectivity index (χ2v) is 14.6. The van der Waals surface area contributed by atoms with E-state index in [0.717, 1.165) is 38.5 Å². The fourth-order valence-electron chi connectivity index (χ4n) is 4.07. The predicted octanol–water partition coefficient (Wildman–Crippen LogP) is 6.40. The lowest BCUT2D eigenvalue weighted by Crippen LogP contribution is -2.57. The van der Waals surface area contributed by atoms with E-state index in [4.69, 9.17) is 5.11 Å². The first-order valence-corrected chi connectivity index (χ1v) is 19.3. The summed E-state index contributed by atoms with van der Waals surface area (Å²) in [7, 11) is 2.91. The molecule has 0 unspecified atom stereocenters. The van der Waals surface area contributed by atoms with Gasteiger partial charge in [0.15, 0.2) is 0 Å². The smallest absolute Gasteiger partial charge is 0.253 e. The number of carbonyl (C=O) groups is 3. The van der Waals surface area contributed by atoms with E-state index in [2.05, 4.69) is 94.7 Å². The molecule has 1 aromatic heterocycles. The zero-order valence-electron chi connectivity index (χ0n) is 29.3. The molecule has 11 heteroatoms. The quantitative estimate of drug-likeness (QED) is 0.0422. The number of aromatic nitrogens is 1. The van der Waals surface area contributed by atoms with Crippen LogP contribution >= 0.6 is 21.6 Å². The molecule has 0 aliphatic rings. The van der Waals surface area contributed by atoms with E-state index in [1.165, 1.54) is 27.8 Å². The molecule has 1 rings (SSSR count). The van der Waals surface area contributed by atoms with Crippen molar-refractivity contribution in [2.75, 3.05) is 25.4 Å². The Morgan fingerprint density at radius 2 is 1.45 bits per heavy atom. The molecule has 0 fully saturated rings. The second-order valence-electron chi connectivity index (χ2n) is 11.5. The van der Waals surface area contributed by atoms with Gasteiger partial charge in [0, 0.05) is 42.4 Å². The number of nitrogens with one attached hydrogen (secondary N) is 3. The average molecular weight is 713 g/mol. The summed E-state index contributed by atoms with van der Waals surface area (Å²) >= 11 is 0. The Bertz CT molecular complexity index is 1250. The summed E-state index contributed by atoms with van der Waals surface area (Å²) < 4.78 is -0.753. The maximum atomic E-state index is 13.0. The average Bonchev–Trinajstić information content (AvgIpc) is 3.10. The molecule has 270 valence electrons. The molecule has 0 aliphatic heterocycles. The SMILES string of the molecule is CC/C=C\C/C=C\C/C=C\C/C=C\C/C=C\C/C=C\CCC(=O)NCCSSC(C)(C)[C@H](NC(=O)c1cccnc1)C(=O)NC[C@@H](O)CO. The minimum atomic E-state index is -1.10. The zero-order valence-corrected chi connectivity index (χ0v) is 30.9. The van der Waals surface area contributed by atoms with Gasteiger partial charge in [0.05, 0.1) is 18.3 Å². The Balaban J connectivity index is 2.29. The Labute approximate surface area is 301 Å². The summed E-state index contributed by atoms with van der Waals surface area (Å²) in [6.07, 6.45) is 34.6. The van der Waals surface area contributed by atoms with Gasteiger partial charge in [0.2, 0.25) is 11.8 Å². The third kappa shape index (κ3) is 22.8. The molecule has 9 nitrogen and oxygen atoms in total. The highest BCUT2D eigenvalue weighted by atomic mass is 33.1. The van der Waals surface area contributed by atoms with Crippen LogP contribution < -0.4 is 16.0 Å². The summed E-state index contributed by atoms with van der Waals surface area (Å²) in [5, 5.41) is 27.1. The lowest BCUT2D eigenvalue weighted by atomic mass is 10.0. The first-order chi connectivity index (χ1) is 23.7. The van der Waals surface area contributed by atoms with Crippen molar-refractivity contribution in [2.45, 2.75) is 89.0 Å². The molecule has 0 saturated heterocycles. The monoisotopic (exact) mass is 712 g/mol.